The molecule has 0 radical (unpaired) electrons. The van der Waals surface area contributed by atoms with E-state index in [4.69, 9.17) is 27.7 Å². The van der Waals surface area contributed by atoms with Gasteiger partial charge < -0.3 is 4.74 Å². The Labute approximate surface area is 101 Å². The van der Waals surface area contributed by atoms with E-state index in [-0.39, 0.29) is 8.11 Å². The lowest BCUT2D eigenvalue weighted by atomic mass is 10.3. The van der Waals surface area contributed by atoms with Crippen LogP contribution in [-0.2, 0) is 31.1 Å². The van der Waals surface area contributed by atoms with Crippen molar-refractivity contribution >= 4 is 59.2 Å². The van der Waals surface area contributed by atoms with Gasteiger partial charge in [-0.1, -0.05) is 11.8 Å². The van der Waals surface area contributed by atoms with Gasteiger partial charge in [0.15, 0.2) is 0 Å². The molecule has 2 rings (SSSR count). The Kier molecular flexibility index (Phi) is 3.69. The zero-order chi connectivity index (χ0) is 10.2. The summed E-state index contributed by atoms with van der Waals surface area (Å²) in [5, 5.41) is 1.30. The van der Waals surface area contributed by atoms with E-state index in [1.165, 1.54) is 5.30 Å². The molecule has 1 saturated heterocycles. The monoisotopic (exact) mass is 298 g/mol. The maximum Gasteiger partial charge on any atom is 0.118 e. The zero-order valence-corrected chi connectivity index (χ0v) is 12.5. The summed E-state index contributed by atoms with van der Waals surface area (Å²) in [5.41, 5.74) is 0. The predicted octanol–water partition coefficient (Wildman–Crippen LogP) is 2.97. The first-order valence-corrected chi connectivity index (χ1v) is 13.2. The first-order chi connectivity index (χ1) is 6.64. The van der Waals surface area contributed by atoms with Crippen LogP contribution in [0.5, 0.6) is 5.75 Å². The molecule has 0 aliphatic carbocycles. The molecule has 76 valence electrons. The highest BCUT2D eigenvalue weighted by Crippen LogP contribution is 2.86. The van der Waals surface area contributed by atoms with Gasteiger partial charge in [0.05, 0.1) is 12.0 Å². The van der Waals surface area contributed by atoms with Crippen molar-refractivity contribution in [2.75, 3.05) is 7.11 Å². The Bertz CT molecular complexity index is 404. The quantitative estimate of drug-likeness (QED) is 0.613. The Hall–Kier alpha value is 1.02. The lowest BCUT2D eigenvalue weighted by Gasteiger charge is -2.30. The maximum absolute atomic E-state index is 5.64. The third-order valence-electron chi connectivity index (χ3n) is 1.78. The van der Waals surface area contributed by atoms with E-state index < -0.39 is 4.93 Å². The lowest BCUT2D eigenvalue weighted by Crippen LogP contribution is -2.03. The van der Waals surface area contributed by atoms with Crippen molar-refractivity contribution in [1.82, 2.24) is 0 Å². The first kappa shape index (κ1) is 11.5. The standard InChI is InChI=1S/C7H8OP2S4/c1-8-6-2-4-7(5-3-6)10(11)9-14(12)13-10/h2-5,9H,1H3. The van der Waals surface area contributed by atoms with E-state index in [1.807, 2.05) is 22.5 Å². The van der Waals surface area contributed by atoms with Crippen LogP contribution < -0.4 is 10.0 Å². The summed E-state index contributed by atoms with van der Waals surface area (Å²) in [7, 11) is 4.44. The van der Waals surface area contributed by atoms with Crippen molar-refractivity contribution < 1.29 is 4.74 Å². The van der Waals surface area contributed by atoms with Crippen molar-refractivity contribution in [3.63, 3.8) is 0 Å². The minimum atomic E-state index is -1.30. The van der Waals surface area contributed by atoms with Gasteiger partial charge in [0, 0.05) is 12.8 Å². The lowest BCUT2D eigenvalue weighted by molar-refractivity contribution is 0.415. The van der Waals surface area contributed by atoms with E-state index in [0.29, 0.717) is 0 Å². The van der Waals surface area contributed by atoms with Gasteiger partial charge in [0.25, 0.3) is 0 Å². The molecule has 1 aromatic rings. The van der Waals surface area contributed by atoms with E-state index >= 15 is 0 Å². The summed E-state index contributed by atoms with van der Waals surface area (Å²) < 4.78 is 5.11. The van der Waals surface area contributed by atoms with Gasteiger partial charge in [-0.05, 0) is 54.0 Å². The molecule has 1 fully saturated rings. The van der Waals surface area contributed by atoms with Crippen molar-refractivity contribution in [1.29, 1.82) is 0 Å². The highest BCUT2D eigenvalue weighted by Gasteiger charge is 2.33. The van der Waals surface area contributed by atoms with Crippen molar-refractivity contribution in [3.05, 3.63) is 24.3 Å². The molecule has 0 N–H and O–H groups in total. The fourth-order valence-corrected chi connectivity index (χ4v) is 35.4. The molecule has 1 nitrogen and oxygen atoms in total. The molecule has 0 bridgehead atoms. The van der Waals surface area contributed by atoms with Crippen LogP contribution in [-0.4, -0.2) is 7.11 Å². The number of hydrogen-bond acceptors (Lipinski definition) is 4. The molecular weight excluding hydrogens is 290 g/mol. The number of methoxy groups -OCH3 is 1. The van der Waals surface area contributed by atoms with E-state index in [9.17, 15) is 0 Å². The smallest absolute Gasteiger partial charge is 0.118 e. The van der Waals surface area contributed by atoms with Crippen LogP contribution in [0.4, 0.5) is 0 Å². The van der Waals surface area contributed by atoms with Crippen molar-refractivity contribution in [3.8, 4) is 5.75 Å². The van der Waals surface area contributed by atoms with Gasteiger partial charge in [-0.3, -0.25) is 0 Å². The van der Waals surface area contributed by atoms with Gasteiger partial charge in [-0.15, -0.1) is 0 Å². The minimum absolute atomic E-state index is 0.123. The molecular formula is C7H8OP2S4. The summed E-state index contributed by atoms with van der Waals surface area (Å²) in [6.45, 7) is 0. The van der Waals surface area contributed by atoms with Crippen LogP contribution in [0, 0.1) is 0 Å². The van der Waals surface area contributed by atoms with Crippen LogP contribution in [0.1, 0.15) is 0 Å². The summed E-state index contributed by atoms with van der Waals surface area (Å²) in [5.74, 6) is 0.890. The largest absolute Gasteiger partial charge is 0.497 e. The van der Waals surface area contributed by atoms with Gasteiger partial charge in [-0.2, -0.15) is 0 Å². The number of benzene rings is 1. The summed E-state index contributed by atoms with van der Waals surface area (Å²) in [6, 6.07) is 8.14. The first-order valence-electron chi connectivity index (χ1n) is 3.78. The molecule has 3 unspecified atom stereocenters. The van der Waals surface area contributed by atoms with Crippen LogP contribution >= 0.6 is 22.8 Å². The SMILES string of the molecule is COc1ccc(P2(=S)PS(=S)S2)cc1. The molecule has 14 heavy (non-hydrogen) atoms. The summed E-state index contributed by atoms with van der Waals surface area (Å²) >= 11 is 10.8. The summed E-state index contributed by atoms with van der Waals surface area (Å²) in [4.78, 5) is -1.30. The van der Waals surface area contributed by atoms with E-state index in [0.717, 1.165) is 13.2 Å². The Morgan fingerprint density at radius 2 is 2.00 bits per heavy atom. The third-order valence-corrected chi connectivity index (χ3v) is 29.7. The Balaban J connectivity index is 2.26. The average molecular weight is 298 g/mol. The average Bonchev–Trinajstić information content (AvgIpc) is 2.16. The highest BCUT2D eigenvalue weighted by molar-refractivity contribution is 9.41. The number of hydrogen-bond donors (Lipinski definition) is 0. The second kappa shape index (κ2) is 4.48. The molecule has 1 aliphatic rings. The van der Waals surface area contributed by atoms with E-state index in [2.05, 4.69) is 12.1 Å². The Morgan fingerprint density at radius 1 is 1.43 bits per heavy atom. The molecule has 7 heteroatoms. The molecule has 3 atom stereocenters. The molecule has 1 aromatic carbocycles. The second-order valence-electron chi connectivity index (χ2n) is 2.65. The predicted molar refractivity (Wildman–Crippen MR) is 77.5 cm³/mol. The van der Waals surface area contributed by atoms with Crippen LogP contribution in [0.25, 0.3) is 0 Å². The second-order valence-corrected chi connectivity index (χ2v) is 22.6. The van der Waals surface area contributed by atoms with Crippen molar-refractivity contribution in [2.24, 2.45) is 0 Å². The van der Waals surface area contributed by atoms with Gasteiger partial charge in [0.1, 0.15) is 5.75 Å². The molecule has 1 heterocycles. The number of rotatable bonds is 2. The van der Waals surface area contributed by atoms with Crippen LogP contribution in [0.15, 0.2) is 24.3 Å². The normalized spacial score (nSPS) is 32.5. The van der Waals surface area contributed by atoms with Gasteiger partial charge in [0.2, 0.25) is 0 Å². The van der Waals surface area contributed by atoms with Gasteiger partial charge >= 0.3 is 0 Å². The van der Waals surface area contributed by atoms with Crippen LogP contribution in [0.3, 0.4) is 0 Å². The highest BCUT2D eigenvalue weighted by atomic mass is 33.8. The minimum Gasteiger partial charge on any atom is -0.497 e. The Morgan fingerprint density at radius 3 is 2.43 bits per heavy atom. The molecule has 0 aromatic heterocycles. The fraction of sp³-hybridized carbons (Fsp3) is 0.143. The molecule has 0 saturated carbocycles. The number of ether oxygens (including phenoxy) is 1. The summed E-state index contributed by atoms with van der Waals surface area (Å²) in [6.07, 6.45) is 0. The molecule has 0 spiro atoms. The molecule has 0 amide bonds. The van der Waals surface area contributed by atoms with Gasteiger partial charge in [-0.25, -0.2) is 0 Å². The molecule has 1 aliphatic heterocycles. The zero-order valence-electron chi connectivity index (χ0n) is 7.30. The fourth-order valence-electron chi connectivity index (χ4n) is 1.07. The third kappa shape index (κ3) is 2.23. The topological polar surface area (TPSA) is 9.23 Å². The van der Waals surface area contributed by atoms with Crippen molar-refractivity contribution in [2.45, 2.75) is 0 Å². The van der Waals surface area contributed by atoms with Crippen LogP contribution in [0.2, 0.25) is 0 Å². The van der Waals surface area contributed by atoms with E-state index in [1.54, 1.807) is 7.11 Å². The maximum atomic E-state index is 5.64.